The van der Waals surface area contributed by atoms with Crippen molar-refractivity contribution in [1.82, 2.24) is 0 Å². The van der Waals surface area contributed by atoms with Crippen molar-refractivity contribution in [3.05, 3.63) is 77.6 Å². The summed E-state index contributed by atoms with van der Waals surface area (Å²) < 4.78 is 50.8. The summed E-state index contributed by atoms with van der Waals surface area (Å²) in [7, 11) is -0.254. The summed E-state index contributed by atoms with van der Waals surface area (Å²) in [5, 5.41) is 0. The van der Waals surface area contributed by atoms with Gasteiger partial charge < -0.3 is 4.74 Å². The van der Waals surface area contributed by atoms with Gasteiger partial charge in [-0.25, -0.2) is 8.78 Å². The summed E-state index contributed by atoms with van der Waals surface area (Å²) in [5.74, 6) is -1.94. The Balaban J connectivity index is 1.58. The monoisotopic (exact) mass is 509 g/mol. The smallest absolute Gasteiger partial charge is 0.201 e. The molecule has 4 rings (SSSR count). The Morgan fingerprint density at radius 3 is 2.25 bits per heavy atom. The predicted molar refractivity (Wildman–Crippen MR) is 145 cm³/mol. The summed E-state index contributed by atoms with van der Waals surface area (Å²) in [6, 6.07) is 19.5. The van der Waals surface area contributed by atoms with Crippen LogP contribution in [0.2, 0.25) is 18.1 Å². The lowest BCUT2D eigenvalue weighted by Crippen LogP contribution is -2.20. The molecule has 1 heterocycles. The largest absolute Gasteiger partial charge is 0.490 e. The van der Waals surface area contributed by atoms with Crippen molar-refractivity contribution in [2.75, 3.05) is 6.61 Å². The second-order valence-electron chi connectivity index (χ2n) is 9.85. The molecule has 5 heteroatoms. The van der Waals surface area contributed by atoms with Gasteiger partial charge in [-0.05, 0) is 65.6 Å². The summed E-state index contributed by atoms with van der Waals surface area (Å²) in [6.07, 6.45) is 6.19. The van der Waals surface area contributed by atoms with Crippen LogP contribution in [0.1, 0.15) is 63.9 Å². The predicted octanol–water partition coefficient (Wildman–Crippen LogP) is 9.79. The van der Waals surface area contributed by atoms with Crippen molar-refractivity contribution in [1.29, 1.82) is 0 Å². The lowest BCUT2D eigenvalue weighted by Gasteiger charge is -2.28. The van der Waals surface area contributed by atoms with Gasteiger partial charge >= 0.3 is 0 Å². The van der Waals surface area contributed by atoms with Gasteiger partial charge in [-0.1, -0.05) is 87.6 Å². The van der Waals surface area contributed by atoms with Crippen LogP contribution in [0.15, 0.2) is 54.6 Å². The number of hydrogen-bond donors (Lipinski definition) is 0. The van der Waals surface area contributed by atoms with Gasteiger partial charge in [0.15, 0.2) is 11.6 Å². The van der Waals surface area contributed by atoms with Crippen molar-refractivity contribution < 1.29 is 17.9 Å². The van der Waals surface area contributed by atoms with Crippen LogP contribution in [0.5, 0.6) is 5.75 Å². The highest BCUT2D eigenvalue weighted by Gasteiger charge is 2.25. The molecule has 0 N–H and O–H groups in total. The van der Waals surface area contributed by atoms with Crippen LogP contribution in [0, 0.1) is 17.5 Å². The van der Waals surface area contributed by atoms with Gasteiger partial charge in [-0.15, -0.1) is 0 Å². The zero-order valence-corrected chi connectivity index (χ0v) is 22.4. The van der Waals surface area contributed by atoms with Crippen LogP contribution < -0.4 is 4.74 Å². The molecular weight excluding hydrogens is 473 g/mol. The zero-order chi connectivity index (χ0) is 25.5. The van der Waals surface area contributed by atoms with Crippen LogP contribution in [0.25, 0.3) is 22.3 Å². The lowest BCUT2D eigenvalue weighted by molar-refractivity contribution is 0.286. The third-order valence-corrected chi connectivity index (χ3v) is 10.5. The van der Waals surface area contributed by atoms with Crippen molar-refractivity contribution in [2.24, 2.45) is 0 Å². The van der Waals surface area contributed by atoms with Gasteiger partial charge in [-0.2, -0.15) is 4.39 Å². The Morgan fingerprint density at radius 2 is 1.56 bits per heavy atom. The quantitative estimate of drug-likeness (QED) is 0.195. The standard InChI is InChI=1S/C31H36F3OSi/c1-3-5-8-17-35-29-14-13-27(30(33)31(29)34)26-10-7-6-9-24(26)23-11-12-25(28(32)21-23)22-15-19-36(18-4-2)20-16-22/h6-7,9-14,21-22H,3-5,8,15-20H2,1-2H3. The van der Waals surface area contributed by atoms with Crippen LogP contribution in [-0.2, 0) is 0 Å². The topological polar surface area (TPSA) is 9.23 Å². The zero-order valence-electron chi connectivity index (χ0n) is 21.4. The van der Waals surface area contributed by atoms with Crippen LogP contribution in [0.4, 0.5) is 13.2 Å². The normalized spacial score (nSPS) is 14.8. The van der Waals surface area contributed by atoms with Crippen molar-refractivity contribution in [3.63, 3.8) is 0 Å². The molecule has 1 saturated heterocycles. The van der Waals surface area contributed by atoms with E-state index in [4.69, 9.17) is 4.74 Å². The van der Waals surface area contributed by atoms with Gasteiger partial charge in [0.25, 0.3) is 0 Å². The maximum Gasteiger partial charge on any atom is 0.201 e. The van der Waals surface area contributed by atoms with Crippen molar-refractivity contribution in [2.45, 2.75) is 76.4 Å². The molecule has 1 radical (unpaired) electrons. The Labute approximate surface area is 215 Å². The molecule has 0 aliphatic carbocycles. The highest BCUT2D eigenvalue weighted by Crippen LogP contribution is 2.40. The van der Waals surface area contributed by atoms with Gasteiger partial charge in [0.1, 0.15) is 5.82 Å². The highest BCUT2D eigenvalue weighted by atomic mass is 28.3. The first-order valence-corrected chi connectivity index (χ1v) is 15.5. The first-order valence-electron chi connectivity index (χ1n) is 13.4. The molecule has 0 aromatic heterocycles. The molecule has 3 aromatic carbocycles. The van der Waals surface area contributed by atoms with Crippen molar-refractivity contribution >= 4 is 8.80 Å². The maximum atomic E-state index is 15.3. The number of benzene rings is 3. The van der Waals surface area contributed by atoms with Gasteiger partial charge in [0, 0.05) is 14.4 Å². The second-order valence-corrected chi connectivity index (χ2v) is 12.9. The third kappa shape index (κ3) is 6.05. The average Bonchev–Trinajstić information content (AvgIpc) is 2.90. The molecule has 0 bridgehead atoms. The molecule has 3 aromatic rings. The second kappa shape index (κ2) is 12.6. The summed E-state index contributed by atoms with van der Waals surface area (Å²) in [6.45, 7) is 4.68. The molecular formula is C31H36F3OSi. The van der Waals surface area contributed by atoms with Gasteiger partial charge in [0.2, 0.25) is 5.82 Å². The molecule has 0 amide bonds. The molecule has 1 aliphatic heterocycles. The fraction of sp³-hybridized carbons (Fsp3) is 0.419. The number of ether oxygens (including phenoxy) is 1. The lowest BCUT2D eigenvalue weighted by atomic mass is 9.89. The highest BCUT2D eigenvalue weighted by molar-refractivity contribution is 6.59. The van der Waals surface area contributed by atoms with Crippen LogP contribution in [0.3, 0.4) is 0 Å². The first-order chi connectivity index (χ1) is 17.5. The number of hydrogen-bond acceptors (Lipinski definition) is 1. The average molecular weight is 510 g/mol. The fourth-order valence-electron chi connectivity index (χ4n) is 5.32. The fourth-order valence-corrected chi connectivity index (χ4v) is 8.29. The number of rotatable bonds is 10. The Hall–Kier alpha value is -2.53. The van der Waals surface area contributed by atoms with E-state index >= 15 is 8.78 Å². The summed E-state index contributed by atoms with van der Waals surface area (Å²) >= 11 is 0. The number of unbranched alkanes of at least 4 members (excludes halogenated alkanes) is 2. The van der Waals surface area contributed by atoms with E-state index in [9.17, 15) is 4.39 Å². The molecule has 0 saturated carbocycles. The van der Waals surface area contributed by atoms with E-state index in [0.29, 0.717) is 23.3 Å². The molecule has 1 aliphatic rings. The van der Waals surface area contributed by atoms with E-state index in [1.807, 2.05) is 24.3 Å². The molecule has 36 heavy (non-hydrogen) atoms. The molecule has 0 spiro atoms. The SMILES string of the molecule is CCCCCOc1ccc(-c2ccccc2-c2ccc(C3CC[Si](CCC)CC3)c(F)c2)c(F)c1F. The minimum Gasteiger partial charge on any atom is -0.490 e. The molecule has 0 atom stereocenters. The Bertz CT molecular complexity index is 1150. The van der Waals surface area contributed by atoms with Crippen LogP contribution in [-0.4, -0.2) is 15.4 Å². The van der Waals surface area contributed by atoms with E-state index in [0.717, 1.165) is 37.7 Å². The Kier molecular flexibility index (Phi) is 9.30. The van der Waals surface area contributed by atoms with Gasteiger partial charge in [0.05, 0.1) is 6.61 Å². The molecule has 0 unspecified atom stereocenters. The molecule has 191 valence electrons. The third-order valence-electron chi connectivity index (χ3n) is 7.32. The number of halogens is 3. The van der Waals surface area contributed by atoms with Crippen LogP contribution >= 0.6 is 0 Å². The van der Waals surface area contributed by atoms with E-state index in [-0.39, 0.29) is 31.8 Å². The summed E-state index contributed by atoms with van der Waals surface area (Å²) in [5.41, 5.74) is 2.80. The van der Waals surface area contributed by atoms with E-state index in [1.54, 1.807) is 24.3 Å². The maximum absolute atomic E-state index is 15.3. The van der Waals surface area contributed by atoms with Gasteiger partial charge in [-0.3, -0.25) is 0 Å². The van der Waals surface area contributed by atoms with E-state index in [1.165, 1.54) is 30.6 Å². The van der Waals surface area contributed by atoms with Crippen molar-refractivity contribution in [3.8, 4) is 28.0 Å². The molecule has 1 nitrogen and oxygen atoms in total. The summed E-state index contributed by atoms with van der Waals surface area (Å²) in [4.78, 5) is 0. The first kappa shape index (κ1) is 26.5. The van der Waals surface area contributed by atoms with E-state index < -0.39 is 11.6 Å². The minimum absolute atomic E-state index is 0.0730. The van der Waals surface area contributed by atoms with E-state index in [2.05, 4.69) is 13.8 Å². The molecule has 1 fully saturated rings. The Morgan fingerprint density at radius 1 is 0.806 bits per heavy atom. The minimum atomic E-state index is -0.985.